The van der Waals surface area contributed by atoms with E-state index in [-0.39, 0.29) is 18.1 Å². The lowest BCUT2D eigenvalue weighted by molar-refractivity contribution is -0.122. The number of rotatable bonds is 35. The van der Waals surface area contributed by atoms with Crippen LogP contribution in [0.1, 0.15) is 202 Å². The second-order valence-corrected chi connectivity index (χ2v) is 18.7. The predicted octanol–water partition coefficient (Wildman–Crippen LogP) is 12.6. The molecule has 0 radical (unpaired) electrons. The Bertz CT molecular complexity index is 644. The van der Waals surface area contributed by atoms with Gasteiger partial charge in [-0.1, -0.05) is 188 Å². The van der Waals surface area contributed by atoms with Gasteiger partial charge in [-0.05, 0) is 37.4 Å². The maximum absolute atomic E-state index is 12.9. The van der Waals surface area contributed by atoms with Crippen LogP contribution < -0.4 is 11.1 Å². The van der Waals surface area contributed by atoms with Crippen molar-refractivity contribution < 1.29 is 9.22 Å². The minimum atomic E-state index is -1.83. The molecule has 45 heavy (non-hydrogen) atoms. The van der Waals surface area contributed by atoms with E-state index in [4.69, 9.17) is 10.2 Å². The first-order chi connectivity index (χ1) is 22.0. The fourth-order valence-corrected chi connectivity index (χ4v) is 9.38. The van der Waals surface area contributed by atoms with Crippen LogP contribution in [0.5, 0.6) is 0 Å². The molecule has 0 aliphatic rings. The molecule has 0 rings (SSSR count). The van der Waals surface area contributed by atoms with Gasteiger partial charge in [-0.3, -0.25) is 4.79 Å². The molecule has 0 aromatic carbocycles. The van der Waals surface area contributed by atoms with Crippen molar-refractivity contribution >= 4 is 14.2 Å². The van der Waals surface area contributed by atoms with E-state index in [2.05, 4.69) is 52.1 Å². The van der Waals surface area contributed by atoms with E-state index in [0.29, 0.717) is 13.0 Å². The van der Waals surface area contributed by atoms with E-state index in [9.17, 15) is 4.79 Å². The molecule has 0 spiro atoms. The molecule has 0 heterocycles. The van der Waals surface area contributed by atoms with Gasteiger partial charge in [0.1, 0.15) is 0 Å². The van der Waals surface area contributed by atoms with Gasteiger partial charge in [-0.25, -0.2) is 0 Å². The molecule has 4 nitrogen and oxygen atoms in total. The highest BCUT2D eigenvalue weighted by Gasteiger charge is 2.34. The van der Waals surface area contributed by atoms with Crippen molar-refractivity contribution in [2.45, 2.75) is 232 Å². The molecule has 0 aliphatic carbocycles. The molecule has 0 aromatic rings. The maximum Gasteiger partial charge on any atom is 0.220 e. The molecule has 0 saturated carbocycles. The standard InChI is InChI=1S/C40H82N2O2Si/c1-6-11-13-15-17-19-21-23-25-27-29-31-33-35-39(44-45(8-3,9-4)10-5)38(37-41)42-40(43)36-34-32-30-28-26-24-22-20-18-16-14-12-7-2/h33,35,38-39H,6-32,34,36-37,41H2,1-5H3,(H,42,43)/b35-33+/t38-,39+/m0/s1. The van der Waals surface area contributed by atoms with Gasteiger partial charge in [0.25, 0.3) is 0 Å². The highest BCUT2D eigenvalue weighted by Crippen LogP contribution is 2.25. The van der Waals surface area contributed by atoms with E-state index in [0.717, 1.165) is 37.4 Å². The van der Waals surface area contributed by atoms with Crippen LogP contribution in [0.3, 0.4) is 0 Å². The largest absolute Gasteiger partial charge is 0.408 e. The average Bonchev–Trinajstić information content (AvgIpc) is 3.06. The number of carbonyl (C=O) groups excluding carboxylic acids is 1. The molecule has 0 aromatic heterocycles. The third-order valence-corrected chi connectivity index (χ3v) is 14.8. The molecule has 3 N–H and O–H groups in total. The van der Waals surface area contributed by atoms with Gasteiger partial charge in [-0.2, -0.15) is 0 Å². The summed E-state index contributed by atoms with van der Waals surface area (Å²) >= 11 is 0. The number of allylic oxidation sites excluding steroid dienone is 1. The van der Waals surface area contributed by atoms with E-state index in [1.54, 1.807) is 0 Å². The Labute approximate surface area is 284 Å². The summed E-state index contributed by atoms with van der Waals surface area (Å²) in [4.78, 5) is 12.9. The van der Waals surface area contributed by atoms with Crippen molar-refractivity contribution in [2.75, 3.05) is 6.54 Å². The summed E-state index contributed by atoms with van der Waals surface area (Å²) in [6.45, 7) is 11.8. The Balaban J connectivity index is 4.45. The SMILES string of the molecule is CCCCCCCCCCCCC/C=C/[C@@H](O[Si](CC)(CC)CC)[C@H](CN)NC(=O)CCCCCCCCCCCCCCC. The first kappa shape index (κ1) is 44.3. The molecule has 268 valence electrons. The second kappa shape index (κ2) is 33.3. The van der Waals surface area contributed by atoms with Gasteiger partial charge in [0.2, 0.25) is 5.91 Å². The third kappa shape index (κ3) is 26.0. The van der Waals surface area contributed by atoms with Crippen LogP contribution in [-0.2, 0) is 9.22 Å². The summed E-state index contributed by atoms with van der Waals surface area (Å²) in [5.41, 5.74) is 6.27. The Morgan fingerprint density at radius 3 is 1.36 bits per heavy atom. The minimum absolute atomic E-state index is 0.121. The minimum Gasteiger partial charge on any atom is -0.408 e. The fraction of sp³-hybridized carbons (Fsp3) is 0.925. The van der Waals surface area contributed by atoms with Gasteiger partial charge in [0.15, 0.2) is 8.32 Å². The van der Waals surface area contributed by atoms with Gasteiger partial charge in [-0.15, -0.1) is 0 Å². The molecule has 5 heteroatoms. The van der Waals surface area contributed by atoms with Crippen molar-refractivity contribution in [3.05, 3.63) is 12.2 Å². The van der Waals surface area contributed by atoms with Crippen molar-refractivity contribution in [3.63, 3.8) is 0 Å². The smallest absolute Gasteiger partial charge is 0.220 e. The van der Waals surface area contributed by atoms with E-state index < -0.39 is 8.32 Å². The second-order valence-electron chi connectivity index (χ2n) is 14.0. The number of carbonyl (C=O) groups is 1. The van der Waals surface area contributed by atoms with Gasteiger partial charge in [0.05, 0.1) is 12.1 Å². The predicted molar refractivity (Wildman–Crippen MR) is 204 cm³/mol. The first-order valence-corrected chi connectivity index (χ1v) is 22.9. The molecular formula is C40H82N2O2Si. The number of hydrogen-bond acceptors (Lipinski definition) is 3. The van der Waals surface area contributed by atoms with Crippen LogP contribution in [0.4, 0.5) is 0 Å². The Morgan fingerprint density at radius 2 is 0.978 bits per heavy atom. The van der Waals surface area contributed by atoms with Crippen LogP contribution >= 0.6 is 0 Å². The van der Waals surface area contributed by atoms with Gasteiger partial charge in [0, 0.05) is 13.0 Å². The summed E-state index contributed by atoms with van der Waals surface area (Å²) in [5, 5.41) is 3.28. The molecule has 0 unspecified atom stereocenters. The summed E-state index contributed by atoms with van der Waals surface area (Å²) < 4.78 is 6.93. The monoisotopic (exact) mass is 651 g/mol. The zero-order valence-corrected chi connectivity index (χ0v) is 32.4. The summed E-state index contributed by atoms with van der Waals surface area (Å²) in [6.07, 6.45) is 38.3. The number of hydrogen-bond donors (Lipinski definition) is 2. The first-order valence-electron chi connectivity index (χ1n) is 20.4. The van der Waals surface area contributed by atoms with Crippen LogP contribution in [0.15, 0.2) is 12.2 Å². The van der Waals surface area contributed by atoms with Crippen LogP contribution in [0, 0.1) is 0 Å². The van der Waals surface area contributed by atoms with Crippen molar-refractivity contribution in [1.29, 1.82) is 0 Å². The van der Waals surface area contributed by atoms with Crippen LogP contribution in [0.2, 0.25) is 18.1 Å². The number of nitrogens with one attached hydrogen (secondary N) is 1. The summed E-state index contributed by atoms with van der Waals surface area (Å²) in [5.74, 6) is 0.137. The number of amides is 1. The third-order valence-electron chi connectivity index (χ3n) is 10.1. The molecule has 1 amide bonds. The Morgan fingerprint density at radius 1 is 0.600 bits per heavy atom. The Kier molecular flexibility index (Phi) is 32.8. The molecular weight excluding hydrogens is 569 g/mol. The zero-order chi connectivity index (χ0) is 33.3. The van der Waals surface area contributed by atoms with Crippen LogP contribution in [-0.4, -0.2) is 32.9 Å². The Hall–Kier alpha value is -0.653. The lowest BCUT2D eigenvalue weighted by Crippen LogP contribution is -2.52. The fourth-order valence-electron chi connectivity index (χ4n) is 6.56. The molecule has 2 atom stereocenters. The van der Waals surface area contributed by atoms with Gasteiger partial charge >= 0.3 is 0 Å². The van der Waals surface area contributed by atoms with Crippen molar-refractivity contribution in [2.24, 2.45) is 5.73 Å². The summed E-state index contributed by atoms with van der Waals surface area (Å²) in [7, 11) is -1.83. The average molecular weight is 651 g/mol. The number of unbranched alkanes of at least 4 members (excludes halogenated alkanes) is 23. The number of nitrogens with two attached hydrogens (primary N) is 1. The van der Waals surface area contributed by atoms with E-state index in [1.165, 1.54) is 141 Å². The molecule has 0 bridgehead atoms. The maximum atomic E-state index is 12.9. The van der Waals surface area contributed by atoms with E-state index in [1.807, 2.05) is 0 Å². The lowest BCUT2D eigenvalue weighted by atomic mass is 10.0. The zero-order valence-electron chi connectivity index (χ0n) is 31.4. The lowest BCUT2D eigenvalue weighted by Gasteiger charge is -2.35. The topological polar surface area (TPSA) is 64.3 Å². The van der Waals surface area contributed by atoms with Crippen molar-refractivity contribution in [3.8, 4) is 0 Å². The van der Waals surface area contributed by atoms with E-state index >= 15 is 0 Å². The normalized spacial score (nSPS) is 13.5. The van der Waals surface area contributed by atoms with Crippen LogP contribution in [0.25, 0.3) is 0 Å². The molecule has 0 fully saturated rings. The highest BCUT2D eigenvalue weighted by atomic mass is 28.4. The molecule has 0 saturated heterocycles. The highest BCUT2D eigenvalue weighted by molar-refractivity contribution is 6.73. The summed E-state index contributed by atoms with van der Waals surface area (Å²) in [6, 6.07) is 3.16. The van der Waals surface area contributed by atoms with Crippen molar-refractivity contribution in [1.82, 2.24) is 5.32 Å². The molecule has 0 aliphatic heterocycles. The quantitative estimate of drug-likeness (QED) is 0.0407. The van der Waals surface area contributed by atoms with Gasteiger partial charge < -0.3 is 15.5 Å².